The number of hydrogen-bond donors (Lipinski definition) is 3. The van der Waals surface area contributed by atoms with Crippen molar-refractivity contribution in [3.05, 3.63) is 48.0 Å². The third-order valence-electron chi connectivity index (χ3n) is 3.34. The summed E-state index contributed by atoms with van der Waals surface area (Å²) in [5, 5.41) is 3.23. The van der Waals surface area contributed by atoms with Crippen LogP contribution in [-0.2, 0) is 15.0 Å². The third kappa shape index (κ3) is 4.33. The Balaban J connectivity index is 1.94. The van der Waals surface area contributed by atoms with Gasteiger partial charge in [-0.05, 0) is 41.6 Å². The normalized spacial score (nSPS) is 11.1. The first-order valence-corrected chi connectivity index (χ1v) is 9.33. The van der Waals surface area contributed by atoms with Gasteiger partial charge < -0.3 is 25.5 Å². The molecule has 0 saturated carbocycles. The summed E-state index contributed by atoms with van der Waals surface area (Å²) in [6.07, 6.45) is 0.961. The summed E-state index contributed by atoms with van der Waals surface area (Å²) in [6, 6.07) is 11.2. The van der Waals surface area contributed by atoms with Gasteiger partial charge in [-0.25, -0.2) is 9.78 Å². The number of rotatable bonds is 5. The number of aromatic nitrogens is 2. The number of nitrogens with two attached hydrogens (primary N) is 2. The summed E-state index contributed by atoms with van der Waals surface area (Å²) in [5.74, 6) is -0.490. The quantitative estimate of drug-likeness (QED) is 0.191. The van der Waals surface area contributed by atoms with E-state index in [1.807, 2.05) is 0 Å². The van der Waals surface area contributed by atoms with Gasteiger partial charge in [-0.3, -0.25) is 0 Å². The lowest BCUT2D eigenvalue weighted by molar-refractivity contribution is 0.0517. The van der Waals surface area contributed by atoms with Gasteiger partial charge in [0.2, 0.25) is 5.96 Å². The number of aromatic amines is 1. The van der Waals surface area contributed by atoms with Gasteiger partial charge in [0.1, 0.15) is 17.1 Å². The molecule has 0 bridgehead atoms. The van der Waals surface area contributed by atoms with Crippen LogP contribution in [0.25, 0.3) is 22.4 Å². The summed E-state index contributed by atoms with van der Waals surface area (Å²) in [5.41, 5.74) is 12.1. The summed E-state index contributed by atoms with van der Waals surface area (Å²) in [4.78, 5) is 24.3. The Hall–Kier alpha value is -3.60. The molecule has 0 aliphatic heterocycles. The number of para-hydroxylation sites is 1. The topological polar surface area (TPSA) is 163 Å². The van der Waals surface area contributed by atoms with Gasteiger partial charge in [0, 0.05) is 5.56 Å². The predicted octanol–water partition coefficient (Wildman–Crippen LogP) is 0.913. The molecule has 2 aromatic carbocycles. The number of carbonyl (C=O) groups is 1. The molecule has 1 aromatic heterocycles. The Bertz CT molecular complexity index is 1130. The fourth-order valence-corrected chi connectivity index (χ4v) is 2.78. The van der Waals surface area contributed by atoms with E-state index in [0.717, 1.165) is 6.26 Å². The van der Waals surface area contributed by atoms with Gasteiger partial charge in [0.05, 0.1) is 17.3 Å². The van der Waals surface area contributed by atoms with Gasteiger partial charge >= 0.3 is 16.1 Å². The van der Waals surface area contributed by atoms with Crippen molar-refractivity contribution in [3.63, 3.8) is 0 Å². The molecular formula is C16H15N5O5S. The Morgan fingerprint density at radius 1 is 1.15 bits per heavy atom. The molecular weight excluding hydrogens is 374 g/mol. The summed E-state index contributed by atoms with van der Waals surface area (Å²) < 4.78 is 27.1. The molecule has 0 aliphatic rings. The van der Waals surface area contributed by atoms with E-state index in [1.165, 1.54) is 18.2 Å². The van der Waals surface area contributed by atoms with E-state index >= 15 is 0 Å². The van der Waals surface area contributed by atoms with Crippen LogP contribution < -0.4 is 15.7 Å². The van der Waals surface area contributed by atoms with Crippen molar-refractivity contribution in [1.82, 2.24) is 9.97 Å². The van der Waals surface area contributed by atoms with Gasteiger partial charge in [-0.15, -0.1) is 0 Å². The zero-order chi connectivity index (χ0) is 19.6. The molecule has 0 aliphatic carbocycles. The van der Waals surface area contributed by atoms with Crippen LogP contribution in [0.5, 0.6) is 5.75 Å². The number of oxime groups is 1. The number of H-pyrrole nitrogens is 1. The molecule has 3 rings (SSSR count). The van der Waals surface area contributed by atoms with E-state index < -0.39 is 16.1 Å². The standard InChI is InChI=1S/C16H15N5O5S/c1-27(23,24)26-10-7-5-9(6-8-10)14-19-12-4-2-3-11(13(12)20-14)15(22)25-21-16(17)18/h2-8H,1H3,(H,19,20)(H4,17,18,21). The minimum absolute atomic E-state index is 0.178. The van der Waals surface area contributed by atoms with E-state index in [-0.39, 0.29) is 17.3 Å². The highest BCUT2D eigenvalue weighted by Gasteiger charge is 2.16. The van der Waals surface area contributed by atoms with Gasteiger partial charge in [0.25, 0.3) is 0 Å². The molecule has 10 nitrogen and oxygen atoms in total. The van der Waals surface area contributed by atoms with E-state index in [1.54, 1.807) is 24.3 Å². The van der Waals surface area contributed by atoms with Crippen LogP contribution in [0.2, 0.25) is 0 Å². The van der Waals surface area contributed by atoms with E-state index in [0.29, 0.717) is 22.4 Å². The molecule has 27 heavy (non-hydrogen) atoms. The molecule has 0 fully saturated rings. The number of benzene rings is 2. The van der Waals surface area contributed by atoms with E-state index in [4.69, 9.17) is 15.7 Å². The molecule has 0 amide bonds. The molecule has 140 valence electrons. The lowest BCUT2D eigenvalue weighted by Gasteiger charge is -2.03. The van der Waals surface area contributed by atoms with Gasteiger partial charge in [-0.2, -0.15) is 8.42 Å². The molecule has 0 atom stereocenters. The van der Waals surface area contributed by atoms with Crippen LogP contribution in [0.1, 0.15) is 10.4 Å². The molecule has 0 saturated heterocycles. The molecule has 11 heteroatoms. The lowest BCUT2D eigenvalue weighted by Crippen LogP contribution is -2.23. The number of hydrogen-bond acceptors (Lipinski definition) is 7. The first-order chi connectivity index (χ1) is 12.7. The number of nitrogens with one attached hydrogen (secondary N) is 1. The van der Waals surface area contributed by atoms with Crippen molar-refractivity contribution in [2.45, 2.75) is 0 Å². The van der Waals surface area contributed by atoms with Crippen molar-refractivity contribution in [3.8, 4) is 17.1 Å². The number of nitrogens with zero attached hydrogens (tertiary/aromatic N) is 2. The Morgan fingerprint density at radius 2 is 1.85 bits per heavy atom. The summed E-state index contributed by atoms with van der Waals surface area (Å²) in [6.45, 7) is 0. The van der Waals surface area contributed by atoms with Crippen LogP contribution in [0.3, 0.4) is 0 Å². The molecule has 5 N–H and O–H groups in total. The van der Waals surface area contributed by atoms with E-state index in [9.17, 15) is 13.2 Å². The molecule has 0 spiro atoms. The van der Waals surface area contributed by atoms with Crippen molar-refractivity contribution in [2.24, 2.45) is 16.6 Å². The number of guanidine groups is 1. The molecule has 0 unspecified atom stereocenters. The van der Waals surface area contributed by atoms with Crippen LogP contribution >= 0.6 is 0 Å². The Labute approximate surface area is 153 Å². The minimum Gasteiger partial charge on any atom is -0.383 e. The SMILES string of the molecule is CS(=O)(=O)Oc1ccc(-c2nc3c(C(=O)ON=C(N)N)cccc3[nH]2)cc1. The van der Waals surface area contributed by atoms with Crippen molar-refractivity contribution in [2.75, 3.05) is 6.26 Å². The fourth-order valence-electron chi connectivity index (χ4n) is 2.32. The lowest BCUT2D eigenvalue weighted by atomic mass is 10.2. The fraction of sp³-hybridized carbons (Fsp3) is 0.0625. The highest BCUT2D eigenvalue weighted by Crippen LogP contribution is 2.25. The number of fused-ring (bicyclic) bond motifs is 1. The summed E-state index contributed by atoms with van der Waals surface area (Å²) >= 11 is 0. The molecule has 1 heterocycles. The van der Waals surface area contributed by atoms with Gasteiger partial charge in [0.15, 0.2) is 0 Å². The largest absolute Gasteiger partial charge is 0.383 e. The zero-order valence-corrected chi connectivity index (χ0v) is 14.9. The van der Waals surface area contributed by atoms with Crippen molar-refractivity contribution >= 4 is 33.1 Å². The third-order valence-corrected chi connectivity index (χ3v) is 3.84. The maximum absolute atomic E-state index is 12.1. The average molecular weight is 389 g/mol. The highest BCUT2D eigenvalue weighted by atomic mass is 32.2. The van der Waals surface area contributed by atoms with Crippen LogP contribution in [0.15, 0.2) is 47.6 Å². The molecule has 0 radical (unpaired) electrons. The Kier molecular flexibility index (Phi) is 4.69. The van der Waals surface area contributed by atoms with E-state index in [2.05, 4.69) is 20.0 Å². The monoisotopic (exact) mass is 389 g/mol. The second kappa shape index (κ2) is 6.96. The second-order valence-corrected chi connectivity index (χ2v) is 7.07. The first-order valence-electron chi connectivity index (χ1n) is 7.52. The molecule has 3 aromatic rings. The maximum Gasteiger partial charge on any atom is 0.368 e. The smallest absolute Gasteiger partial charge is 0.368 e. The Morgan fingerprint density at radius 3 is 2.48 bits per heavy atom. The summed E-state index contributed by atoms with van der Waals surface area (Å²) in [7, 11) is -3.61. The van der Waals surface area contributed by atoms with Gasteiger partial charge in [-0.1, -0.05) is 6.07 Å². The number of carbonyl (C=O) groups excluding carboxylic acids is 1. The van der Waals surface area contributed by atoms with Crippen LogP contribution in [-0.4, -0.2) is 36.6 Å². The highest BCUT2D eigenvalue weighted by molar-refractivity contribution is 7.86. The van der Waals surface area contributed by atoms with Crippen LogP contribution in [0, 0.1) is 0 Å². The average Bonchev–Trinajstić information content (AvgIpc) is 3.03. The zero-order valence-electron chi connectivity index (χ0n) is 14.0. The minimum atomic E-state index is -3.61. The predicted molar refractivity (Wildman–Crippen MR) is 98.2 cm³/mol. The van der Waals surface area contributed by atoms with Crippen LogP contribution in [0.4, 0.5) is 0 Å². The first kappa shape index (κ1) is 18.2. The number of imidazole rings is 1. The maximum atomic E-state index is 12.1. The second-order valence-electron chi connectivity index (χ2n) is 5.49. The van der Waals surface area contributed by atoms with Crippen molar-refractivity contribution in [1.29, 1.82) is 0 Å². The van der Waals surface area contributed by atoms with Crippen molar-refractivity contribution < 1.29 is 22.2 Å².